The maximum atomic E-state index is 12.4. The molecule has 0 aromatic heterocycles. The van der Waals surface area contributed by atoms with E-state index in [1.54, 1.807) is 0 Å². The van der Waals surface area contributed by atoms with Gasteiger partial charge in [0.2, 0.25) is 10.0 Å². The molecule has 1 aromatic carbocycles. The molecule has 0 radical (unpaired) electrons. The quantitative estimate of drug-likeness (QED) is 0.783. The third kappa shape index (κ3) is 4.04. The van der Waals surface area contributed by atoms with Crippen molar-refractivity contribution in [3.63, 3.8) is 0 Å². The Bertz CT molecular complexity index is 616. The van der Waals surface area contributed by atoms with Crippen LogP contribution in [0.15, 0.2) is 17.0 Å². The molecule has 1 aliphatic heterocycles. The van der Waals surface area contributed by atoms with E-state index >= 15 is 0 Å². The van der Waals surface area contributed by atoms with E-state index in [9.17, 15) is 8.42 Å². The molecule has 0 aliphatic carbocycles. The highest BCUT2D eigenvalue weighted by atomic mass is 35.5. The molecule has 0 bridgehead atoms. The fourth-order valence-corrected chi connectivity index (χ4v) is 4.06. The number of methoxy groups -OCH3 is 2. The van der Waals surface area contributed by atoms with Crippen LogP contribution in [-0.4, -0.2) is 42.3 Å². The van der Waals surface area contributed by atoms with E-state index in [4.69, 9.17) is 21.1 Å². The van der Waals surface area contributed by atoms with Crippen molar-refractivity contribution in [2.45, 2.75) is 17.7 Å². The van der Waals surface area contributed by atoms with E-state index in [0.29, 0.717) is 24.0 Å². The van der Waals surface area contributed by atoms with E-state index in [1.165, 1.54) is 26.4 Å². The van der Waals surface area contributed by atoms with Crippen LogP contribution < -0.4 is 19.5 Å². The number of halogens is 1. The predicted octanol–water partition coefficient (Wildman–Crippen LogP) is 1.64. The molecule has 0 spiro atoms. The number of hydrogen-bond acceptors (Lipinski definition) is 5. The maximum absolute atomic E-state index is 12.4. The lowest BCUT2D eigenvalue weighted by Gasteiger charge is -2.13. The van der Waals surface area contributed by atoms with Crippen molar-refractivity contribution < 1.29 is 17.9 Å². The molecular weight excluding hydrogens is 328 g/mol. The standard InChI is InChI=1S/C14H21ClN2O4S/c1-20-12-7-11(15)14(8-13(12)21-2)22(18,19)17-6-4-10-3-5-16-9-10/h7-8,10,16-17H,3-6,9H2,1-2H3. The van der Waals surface area contributed by atoms with Gasteiger partial charge in [-0.1, -0.05) is 11.6 Å². The molecule has 8 heteroatoms. The van der Waals surface area contributed by atoms with Gasteiger partial charge < -0.3 is 14.8 Å². The van der Waals surface area contributed by atoms with Crippen LogP contribution in [0.25, 0.3) is 0 Å². The minimum absolute atomic E-state index is 0.00337. The van der Waals surface area contributed by atoms with Crippen LogP contribution in [0.3, 0.4) is 0 Å². The second kappa shape index (κ2) is 7.50. The molecule has 1 saturated heterocycles. The SMILES string of the molecule is COc1cc(Cl)c(S(=O)(=O)NCCC2CCNC2)cc1OC. The lowest BCUT2D eigenvalue weighted by molar-refractivity contribution is 0.354. The summed E-state index contributed by atoms with van der Waals surface area (Å²) in [6, 6.07) is 2.82. The zero-order chi connectivity index (χ0) is 16.2. The molecule has 1 aliphatic rings. The normalized spacial score (nSPS) is 18.4. The van der Waals surface area contributed by atoms with Crippen LogP contribution in [0.2, 0.25) is 5.02 Å². The Balaban J connectivity index is 2.10. The number of nitrogens with one attached hydrogen (secondary N) is 2. The van der Waals surface area contributed by atoms with Gasteiger partial charge in [0, 0.05) is 18.7 Å². The van der Waals surface area contributed by atoms with Crippen LogP contribution in [0.1, 0.15) is 12.8 Å². The van der Waals surface area contributed by atoms with Gasteiger partial charge in [-0.25, -0.2) is 13.1 Å². The average molecular weight is 349 g/mol. The van der Waals surface area contributed by atoms with Crippen molar-refractivity contribution >= 4 is 21.6 Å². The zero-order valence-electron chi connectivity index (χ0n) is 12.7. The van der Waals surface area contributed by atoms with Gasteiger partial charge in [-0.3, -0.25) is 0 Å². The zero-order valence-corrected chi connectivity index (χ0v) is 14.3. The van der Waals surface area contributed by atoms with E-state index in [2.05, 4.69) is 10.0 Å². The van der Waals surface area contributed by atoms with Crippen molar-refractivity contribution in [3.05, 3.63) is 17.2 Å². The smallest absolute Gasteiger partial charge is 0.242 e. The summed E-state index contributed by atoms with van der Waals surface area (Å²) in [6.45, 7) is 2.33. The highest BCUT2D eigenvalue weighted by Gasteiger charge is 2.22. The Morgan fingerprint density at radius 3 is 2.59 bits per heavy atom. The summed E-state index contributed by atoms with van der Waals surface area (Å²) in [4.78, 5) is -0.00337. The van der Waals surface area contributed by atoms with Crippen molar-refractivity contribution in [3.8, 4) is 11.5 Å². The number of benzene rings is 1. The number of sulfonamides is 1. The monoisotopic (exact) mass is 348 g/mol. The van der Waals surface area contributed by atoms with Gasteiger partial charge in [-0.2, -0.15) is 0 Å². The van der Waals surface area contributed by atoms with Gasteiger partial charge in [0.05, 0.1) is 19.2 Å². The lowest BCUT2D eigenvalue weighted by atomic mass is 10.1. The summed E-state index contributed by atoms with van der Waals surface area (Å²) in [5.41, 5.74) is 0. The highest BCUT2D eigenvalue weighted by Crippen LogP contribution is 2.35. The molecular formula is C14H21ClN2O4S. The fraction of sp³-hybridized carbons (Fsp3) is 0.571. The van der Waals surface area contributed by atoms with Crippen LogP contribution in [0.4, 0.5) is 0 Å². The van der Waals surface area contributed by atoms with Crippen LogP contribution >= 0.6 is 11.6 Å². The Morgan fingerprint density at radius 1 is 1.32 bits per heavy atom. The number of hydrogen-bond donors (Lipinski definition) is 2. The largest absolute Gasteiger partial charge is 0.493 e. The van der Waals surface area contributed by atoms with Crippen molar-refractivity contribution in [1.29, 1.82) is 0 Å². The van der Waals surface area contributed by atoms with Crippen LogP contribution in [0, 0.1) is 5.92 Å². The number of rotatable bonds is 7. The molecule has 1 atom stereocenters. The summed E-state index contributed by atoms with van der Waals surface area (Å²) in [5, 5.41) is 3.36. The van der Waals surface area contributed by atoms with Gasteiger partial charge >= 0.3 is 0 Å². The van der Waals surface area contributed by atoms with Gasteiger partial charge in [0.15, 0.2) is 11.5 Å². The molecule has 0 amide bonds. The molecule has 1 heterocycles. The van der Waals surface area contributed by atoms with Gasteiger partial charge in [-0.15, -0.1) is 0 Å². The molecule has 22 heavy (non-hydrogen) atoms. The Morgan fingerprint density at radius 2 is 2.00 bits per heavy atom. The first kappa shape index (κ1) is 17.3. The second-order valence-corrected chi connectivity index (χ2v) is 7.33. The molecule has 1 fully saturated rings. The summed E-state index contributed by atoms with van der Waals surface area (Å²) in [7, 11) is -0.763. The third-order valence-corrected chi connectivity index (χ3v) is 5.66. The summed E-state index contributed by atoms with van der Waals surface area (Å²) in [6.07, 6.45) is 1.88. The average Bonchev–Trinajstić information content (AvgIpc) is 2.99. The molecule has 2 rings (SSSR count). The third-order valence-electron chi connectivity index (χ3n) is 3.73. The summed E-state index contributed by atoms with van der Waals surface area (Å²) >= 11 is 6.06. The van der Waals surface area contributed by atoms with E-state index in [-0.39, 0.29) is 9.92 Å². The minimum Gasteiger partial charge on any atom is -0.493 e. The van der Waals surface area contributed by atoms with Crippen molar-refractivity contribution in [1.82, 2.24) is 10.0 Å². The molecule has 124 valence electrons. The summed E-state index contributed by atoms with van der Waals surface area (Å²) < 4.78 is 37.6. The first-order chi connectivity index (χ1) is 10.5. The first-order valence-electron chi connectivity index (χ1n) is 7.10. The van der Waals surface area contributed by atoms with Gasteiger partial charge in [-0.05, 0) is 31.8 Å². The molecule has 0 saturated carbocycles. The Kier molecular flexibility index (Phi) is 5.91. The van der Waals surface area contributed by atoms with E-state index in [1.807, 2.05) is 0 Å². The topological polar surface area (TPSA) is 76.7 Å². The molecule has 6 nitrogen and oxygen atoms in total. The summed E-state index contributed by atoms with van der Waals surface area (Å²) in [5.74, 6) is 1.24. The van der Waals surface area contributed by atoms with Gasteiger partial charge in [0.1, 0.15) is 4.90 Å². The second-order valence-electron chi connectivity index (χ2n) is 5.18. The van der Waals surface area contributed by atoms with Crippen LogP contribution in [0.5, 0.6) is 11.5 Å². The first-order valence-corrected chi connectivity index (χ1v) is 8.96. The van der Waals surface area contributed by atoms with Crippen molar-refractivity contribution in [2.75, 3.05) is 33.9 Å². The maximum Gasteiger partial charge on any atom is 0.242 e. The van der Waals surface area contributed by atoms with E-state index in [0.717, 1.165) is 25.9 Å². The fourth-order valence-electron chi connectivity index (χ4n) is 2.48. The Labute approximate surface area is 136 Å². The Hall–Kier alpha value is -1.02. The minimum atomic E-state index is -3.68. The number of ether oxygens (including phenoxy) is 2. The lowest BCUT2D eigenvalue weighted by Crippen LogP contribution is -2.27. The van der Waals surface area contributed by atoms with E-state index < -0.39 is 10.0 Å². The molecule has 2 N–H and O–H groups in total. The van der Waals surface area contributed by atoms with Crippen LogP contribution in [-0.2, 0) is 10.0 Å². The van der Waals surface area contributed by atoms with Gasteiger partial charge in [0.25, 0.3) is 0 Å². The highest BCUT2D eigenvalue weighted by molar-refractivity contribution is 7.89. The molecule has 1 unspecified atom stereocenters. The molecule has 1 aromatic rings. The predicted molar refractivity (Wildman–Crippen MR) is 85.3 cm³/mol. The van der Waals surface area contributed by atoms with Crippen molar-refractivity contribution in [2.24, 2.45) is 5.92 Å².